The Bertz CT molecular complexity index is 765. The van der Waals surface area contributed by atoms with Gasteiger partial charge >= 0.3 is 6.09 Å². The smallest absolute Gasteiger partial charge is 0.413 e. The molecular formula is C18H24FN3O3S. The molecule has 0 radical (unpaired) electrons. The average molecular weight is 381 g/mol. The topological polar surface area (TPSA) is 88.1 Å². The molecule has 3 N–H and O–H groups in total. The van der Waals surface area contributed by atoms with Crippen molar-refractivity contribution >= 4 is 28.7 Å². The minimum absolute atomic E-state index is 0.0573. The second-order valence-electron chi connectivity index (χ2n) is 7.73. The zero-order chi connectivity index (χ0) is 19.3. The van der Waals surface area contributed by atoms with Gasteiger partial charge in [-0.05, 0) is 45.9 Å². The maximum absolute atomic E-state index is 14.8. The third-order valence-electron chi connectivity index (χ3n) is 4.96. The predicted octanol–water partition coefficient (Wildman–Crippen LogP) is 3.52. The van der Waals surface area contributed by atoms with Crippen molar-refractivity contribution in [3.05, 3.63) is 29.6 Å². The highest BCUT2D eigenvalue weighted by Gasteiger charge is 2.55. The lowest BCUT2D eigenvalue weighted by atomic mass is 9.77. The van der Waals surface area contributed by atoms with Crippen molar-refractivity contribution in [3.8, 4) is 0 Å². The molecule has 0 spiro atoms. The number of thioether (sulfide) groups is 1. The van der Waals surface area contributed by atoms with Crippen molar-refractivity contribution in [2.24, 2.45) is 10.9 Å². The molecule has 3 rings (SSSR count). The van der Waals surface area contributed by atoms with Crippen LogP contribution in [0, 0.1) is 11.7 Å². The van der Waals surface area contributed by atoms with E-state index in [2.05, 4.69) is 0 Å². The van der Waals surface area contributed by atoms with Gasteiger partial charge in [-0.25, -0.2) is 14.2 Å². The molecule has 8 heteroatoms. The summed E-state index contributed by atoms with van der Waals surface area (Å²) in [5.41, 5.74) is 5.04. The van der Waals surface area contributed by atoms with Crippen molar-refractivity contribution in [1.29, 1.82) is 0 Å². The summed E-state index contributed by atoms with van der Waals surface area (Å²) in [6.45, 7) is 7.71. The maximum atomic E-state index is 14.8. The summed E-state index contributed by atoms with van der Waals surface area (Å²) < 4.78 is 20.6. The van der Waals surface area contributed by atoms with Gasteiger partial charge in [-0.3, -0.25) is 4.90 Å². The molecule has 3 atom stereocenters. The fourth-order valence-electron chi connectivity index (χ4n) is 3.69. The highest BCUT2D eigenvalue weighted by molar-refractivity contribution is 8.13. The number of anilines is 1. The summed E-state index contributed by atoms with van der Waals surface area (Å²) in [6.07, 6.45) is -1.48. The lowest BCUT2D eigenvalue weighted by molar-refractivity contribution is 0.0938. The quantitative estimate of drug-likeness (QED) is 0.727. The third-order valence-corrected chi connectivity index (χ3v) is 6.06. The first-order valence-electron chi connectivity index (χ1n) is 8.50. The number of nitrogens with two attached hydrogens (primary N) is 1. The van der Waals surface area contributed by atoms with Crippen molar-refractivity contribution in [1.82, 2.24) is 4.90 Å². The van der Waals surface area contributed by atoms with Crippen LogP contribution >= 0.6 is 11.8 Å². The van der Waals surface area contributed by atoms with E-state index >= 15 is 0 Å². The van der Waals surface area contributed by atoms with Gasteiger partial charge < -0.3 is 15.6 Å². The van der Waals surface area contributed by atoms with E-state index in [4.69, 9.17) is 15.5 Å². The fraction of sp³-hybridized carbons (Fsp3) is 0.556. The number of nitrogen functional groups attached to an aromatic ring is 1. The van der Waals surface area contributed by atoms with Crippen molar-refractivity contribution in [2.45, 2.75) is 44.9 Å². The van der Waals surface area contributed by atoms with Gasteiger partial charge in [0.15, 0.2) is 5.17 Å². The first-order valence-corrected chi connectivity index (χ1v) is 9.49. The number of amides is 1. The van der Waals surface area contributed by atoms with Crippen LogP contribution in [0.4, 0.5) is 14.9 Å². The minimum Gasteiger partial charge on any atom is -0.465 e. The lowest BCUT2D eigenvalue weighted by Crippen LogP contribution is -2.52. The van der Waals surface area contributed by atoms with Gasteiger partial charge in [-0.15, -0.1) is 0 Å². The summed E-state index contributed by atoms with van der Waals surface area (Å²) in [6, 6.07) is 4.43. The number of nitrogens with zero attached hydrogens (tertiary/aromatic N) is 2. The van der Waals surface area contributed by atoms with Gasteiger partial charge in [0.1, 0.15) is 11.4 Å². The normalized spacial score (nSPS) is 28.4. The molecule has 1 amide bonds. The zero-order valence-electron chi connectivity index (χ0n) is 15.3. The van der Waals surface area contributed by atoms with E-state index in [0.29, 0.717) is 28.8 Å². The van der Waals surface area contributed by atoms with Crippen molar-refractivity contribution in [3.63, 3.8) is 0 Å². The van der Waals surface area contributed by atoms with E-state index in [1.165, 1.54) is 28.8 Å². The third kappa shape index (κ3) is 2.95. The van der Waals surface area contributed by atoms with Crippen LogP contribution < -0.4 is 5.73 Å². The van der Waals surface area contributed by atoms with Crippen LogP contribution in [0.5, 0.6) is 0 Å². The number of hydrogen-bond donors (Lipinski definition) is 2. The Kier molecular flexibility index (Phi) is 4.69. The Hall–Kier alpha value is -1.80. The molecule has 2 aliphatic rings. The van der Waals surface area contributed by atoms with E-state index < -0.39 is 29.1 Å². The molecule has 2 aliphatic heterocycles. The molecule has 0 saturated carbocycles. The summed E-state index contributed by atoms with van der Waals surface area (Å²) in [5.74, 6) is 0.129. The zero-order valence-corrected chi connectivity index (χ0v) is 16.1. The van der Waals surface area contributed by atoms with Gasteiger partial charge in [0, 0.05) is 28.5 Å². The Balaban J connectivity index is 2.21. The second kappa shape index (κ2) is 6.42. The molecule has 0 bridgehead atoms. The molecular weight excluding hydrogens is 357 g/mol. The molecule has 1 fully saturated rings. The predicted molar refractivity (Wildman–Crippen MR) is 101 cm³/mol. The van der Waals surface area contributed by atoms with Crippen molar-refractivity contribution in [2.75, 3.05) is 18.1 Å². The Morgan fingerprint density at radius 1 is 1.50 bits per heavy atom. The van der Waals surface area contributed by atoms with Crippen LogP contribution in [-0.4, -0.2) is 45.3 Å². The fourth-order valence-corrected chi connectivity index (χ4v) is 5.09. The van der Waals surface area contributed by atoms with Crippen molar-refractivity contribution < 1.29 is 19.0 Å². The lowest BCUT2D eigenvalue weighted by Gasteiger charge is -2.42. The molecule has 1 aromatic rings. The summed E-state index contributed by atoms with van der Waals surface area (Å²) >= 11 is 1.37. The van der Waals surface area contributed by atoms with Crippen LogP contribution in [0.3, 0.4) is 0 Å². The Labute approximate surface area is 156 Å². The molecule has 1 aromatic carbocycles. The molecule has 1 saturated heterocycles. The van der Waals surface area contributed by atoms with E-state index in [1.807, 2.05) is 6.92 Å². The van der Waals surface area contributed by atoms with E-state index in [1.54, 1.807) is 26.8 Å². The number of rotatable bonds is 1. The Morgan fingerprint density at radius 3 is 2.81 bits per heavy atom. The number of aliphatic imine (C=N–C) groups is 1. The molecule has 0 aromatic heterocycles. The van der Waals surface area contributed by atoms with Crippen LogP contribution in [0.25, 0.3) is 0 Å². The van der Waals surface area contributed by atoms with Gasteiger partial charge in [0.25, 0.3) is 0 Å². The number of benzene rings is 1. The number of carbonyl (C=O) groups is 1. The summed E-state index contributed by atoms with van der Waals surface area (Å²) in [7, 11) is 0. The van der Waals surface area contributed by atoms with Gasteiger partial charge in [0.05, 0.1) is 12.7 Å². The number of halogens is 1. The first-order chi connectivity index (χ1) is 12.1. The van der Waals surface area contributed by atoms with Gasteiger partial charge in [-0.1, -0.05) is 11.8 Å². The summed E-state index contributed by atoms with van der Waals surface area (Å²) in [4.78, 5) is 17.9. The molecule has 26 heavy (non-hydrogen) atoms. The largest absolute Gasteiger partial charge is 0.465 e. The van der Waals surface area contributed by atoms with Crippen LogP contribution in [0.1, 0.15) is 33.3 Å². The van der Waals surface area contributed by atoms with E-state index in [-0.39, 0.29) is 5.92 Å². The highest BCUT2D eigenvalue weighted by Crippen LogP contribution is 2.50. The van der Waals surface area contributed by atoms with Crippen LogP contribution in [0.15, 0.2) is 23.2 Å². The monoisotopic (exact) mass is 381 g/mol. The number of hydrogen-bond acceptors (Lipinski definition) is 5. The van der Waals surface area contributed by atoms with Crippen LogP contribution in [0.2, 0.25) is 0 Å². The Morgan fingerprint density at radius 2 is 2.19 bits per heavy atom. The minimum atomic E-state index is -1.09. The number of ether oxygens (including phenoxy) is 1. The highest BCUT2D eigenvalue weighted by atomic mass is 32.2. The summed E-state index contributed by atoms with van der Waals surface area (Å²) in [5, 5.41) is 10.1. The SMILES string of the molecule is CC1OCC2CSC(N(C(=O)O)C(C)(C)C)=NC21c1cc(N)ccc1F. The standard InChI is InChI=1S/C18H24FN3O3S/c1-10-18(13-7-12(20)5-6-14(13)19)11(8-25-10)9-26-15(21-18)22(16(23)24)17(2,3)4/h5-7,10-11H,8-9,20H2,1-4H3,(H,23,24). The first kappa shape index (κ1) is 19.0. The molecule has 6 nitrogen and oxygen atoms in total. The molecule has 0 aliphatic carbocycles. The molecule has 142 valence electrons. The van der Waals surface area contributed by atoms with Crippen LogP contribution in [-0.2, 0) is 10.3 Å². The van der Waals surface area contributed by atoms with Gasteiger partial charge in [-0.2, -0.15) is 0 Å². The average Bonchev–Trinajstić information content (AvgIpc) is 2.85. The number of carboxylic acid groups (broad SMARTS) is 1. The second-order valence-corrected chi connectivity index (χ2v) is 8.72. The van der Waals surface area contributed by atoms with E-state index in [9.17, 15) is 14.3 Å². The molecule has 2 heterocycles. The number of amidine groups is 1. The van der Waals surface area contributed by atoms with E-state index in [0.717, 1.165) is 0 Å². The maximum Gasteiger partial charge on any atom is 0.413 e. The van der Waals surface area contributed by atoms with Gasteiger partial charge in [0.2, 0.25) is 0 Å². The molecule has 3 unspecified atom stereocenters. The number of fused-ring (bicyclic) bond motifs is 1.